The van der Waals surface area contributed by atoms with Crippen molar-refractivity contribution in [3.63, 3.8) is 0 Å². The summed E-state index contributed by atoms with van der Waals surface area (Å²) in [6.07, 6.45) is 2.27. The number of aromatic nitrogens is 4. The van der Waals surface area contributed by atoms with Crippen LogP contribution in [0, 0.1) is 5.92 Å². The number of esters is 1. The number of carbonyl (C=O) groups is 1. The number of H-pyrrole nitrogens is 1. The molecule has 0 aliphatic heterocycles. The summed E-state index contributed by atoms with van der Waals surface area (Å²) in [5.41, 5.74) is -0.100. The molecule has 0 amide bonds. The lowest BCUT2D eigenvalue weighted by Gasteiger charge is -2.11. The minimum Gasteiger partial charge on any atom is -0.469 e. The third-order valence-corrected chi connectivity index (χ3v) is 4.03. The fourth-order valence-electron chi connectivity index (χ4n) is 2.81. The van der Waals surface area contributed by atoms with Crippen molar-refractivity contribution in [3.05, 3.63) is 26.7 Å². The summed E-state index contributed by atoms with van der Waals surface area (Å²) in [6, 6.07) is 0. The standard InChI is InChI=1S/C17H26N4O4/c1-5-6-9-20-15-14(16(23)19-17(20)24)21(10-11(2)3)12(18-15)7-8-13(22)25-4/h11H,5-10H2,1-4H3,(H,19,23,24). The first kappa shape index (κ1) is 19.0. The molecular weight excluding hydrogens is 324 g/mol. The van der Waals surface area contributed by atoms with Gasteiger partial charge in [0.1, 0.15) is 5.82 Å². The molecular formula is C17H26N4O4. The summed E-state index contributed by atoms with van der Waals surface area (Å²) in [6.45, 7) is 7.20. The lowest BCUT2D eigenvalue weighted by atomic mass is 10.2. The van der Waals surface area contributed by atoms with E-state index in [1.165, 1.54) is 11.7 Å². The highest BCUT2D eigenvalue weighted by Gasteiger charge is 2.19. The molecule has 2 aromatic rings. The minimum absolute atomic E-state index is 0.176. The molecule has 0 fully saturated rings. The van der Waals surface area contributed by atoms with Gasteiger partial charge in [-0.05, 0) is 12.3 Å². The molecule has 1 N–H and O–H groups in total. The van der Waals surface area contributed by atoms with Crippen LogP contribution in [0.25, 0.3) is 11.2 Å². The first-order valence-electron chi connectivity index (χ1n) is 8.68. The number of aromatic amines is 1. The number of methoxy groups -OCH3 is 1. The molecule has 0 aliphatic rings. The summed E-state index contributed by atoms with van der Waals surface area (Å²) < 4.78 is 8.02. The van der Waals surface area contributed by atoms with Crippen LogP contribution in [0.5, 0.6) is 0 Å². The Kier molecular flexibility index (Phi) is 6.17. The van der Waals surface area contributed by atoms with Crippen molar-refractivity contribution >= 4 is 17.1 Å². The molecule has 0 aliphatic carbocycles. The molecule has 25 heavy (non-hydrogen) atoms. The Bertz CT molecular complexity index is 860. The monoisotopic (exact) mass is 350 g/mol. The highest BCUT2D eigenvalue weighted by Crippen LogP contribution is 2.16. The van der Waals surface area contributed by atoms with E-state index in [4.69, 9.17) is 0 Å². The zero-order valence-electron chi connectivity index (χ0n) is 15.3. The van der Waals surface area contributed by atoms with E-state index >= 15 is 0 Å². The number of ether oxygens (including phenoxy) is 1. The Balaban J connectivity index is 2.62. The lowest BCUT2D eigenvalue weighted by molar-refractivity contribution is -0.140. The maximum Gasteiger partial charge on any atom is 0.330 e. The van der Waals surface area contributed by atoms with Gasteiger partial charge in [-0.25, -0.2) is 9.78 Å². The normalized spacial score (nSPS) is 11.4. The molecule has 0 radical (unpaired) electrons. The largest absolute Gasteiger partial charge is 0.469 e. The van der Waals surface area contributed by atoms with Gasteiger partial charge in [0.25, 0.3) is 5.56 Å². The van der Waals surface area contributed by atoms with E-state index in [1.54, 1.807) is 0 Å². The van der Waals surface area contributed by atoms with E-state index < -0.39 is 11.2 Å². The van der Waals surface area contributed by atoms with Crippen LogP contribution in [0.15, 0.2) is 9.59 Å². The Labute approximate surface area is 145 Å². The molecule has 0 saturated carbocycles. The van der Waals surface area contributed by atoms with Crippen molar-refractivity contribution in [2.45, 2.75) is 59.5 Å². The van der Waals surface area contributed by atoms with Crippen LogP contribution in [0.4, 0.5) is 0 Å². The van der Waals surface area contributed by atoms with Gasteiger partial charge in [-0.3, -0.25) is 19.1 Å². The molecule has 0 bridgehead atoms. The fraction of sp³-hybridized carbons (Fsp3) is 0.647. The SMILES string of the molecule is CCCCn1c(=O)[nH]c(=O)c2c1nc(CCC(=O)OC)n2CC(C)C. The summed E-state index contributed by atoms with van der Waals surface area (Å²) in [4.78, 5) is 43.0. The molecule has 2 aromatic heterocycles. The maximum atomic E-state index is 12.4. The number of unbranched alkanes of at least 4 members (excludes halogenated alkanes) is 1. The highest BCUT2D eigenvalue weighted by atomic mass is 16.5. The predicted molar refractivity (Wildman–Crippen MR) is 94.7 cm³/mol. The molecule has 0 saturated heterocycles. The summed E-state index contributed by atoms with van der Waals surface area (Å²) >= 11 is 0. The topological polar surface area (TPSA) is 99.0 Å². The van der Waals surface area contributed by atoms with E-state index in [0.29, 0.717) is 36.5 Å². The van der Waals surface area contributed by atoms with Crippen LogP contribution in [0.3, 0.4) is 0 Å². The van der Waals surface area contributed by atoms with Gasteiger partial charge >= 0.3 is 11.7 Å². The van der Waals surface area contributed by atoms with E-state index in [-0.39, 0.29) is 18.3 Å². The summed E-state index contributed by atoms with van der Waals surface area (Å²) in [7, 11) is 1.34. The predicted octanol–water partition coefficient (Wildman–Crippen LogP) is 1.45. The van der Waals surface area contributed by atoms with Gasteiger partial charge < -0.3 is 9.30 Å². The van der Waals surface area contributed by atoms with E-state index in [1.807, 2.05) is 25.3 Å². The molecule has 2 rings (SSSR count). The molecule has 8 heteroatoms. The molecule has 0 atom stereocenters. The number of rotatable bonds is 8. The van der Waals surface area contributed by atoms with E-state index in [9.17, 15) is 14.4 Å². The zero-order valence-corrected chi connectivity index (χ0v) is 15.3. The lowest BCUT2D eigenvalue weighted by Crippen LogP contribution is -2.31. The van der Waals surface area contributed by atoms with Crippen molar-refractivity contribution in [2.24, 2.45) is 5.92 Å². The third-order valence-electron chi connectivity index (χ3n) is 4.03. The van der Waals surface area contributed by atoms with Gasteiger partial charge in [0.05, 0.1) is 13.5 Å². The van der Waals surface area contributed by atoms with Crippen LogP contribution in [0.1, 0.15) is 45.9 Å². The summed E-state index contributed by atoms with van der Waals surface area (Å²) in [5, 5.41) is 0. The second-order valence-corrected chi connectivity index (χ2v) is 6.55. The van der Waals surface area contributed by atoms with Crippen molar-refractivity contribution in [1.29, 1.82) is 0 Å². The minimum atomic E-state index is -0.445. The summed E-state index contributed by atoms with van der Waals surface area (Å²) in [5.74, 6) is 0.570. The van der Waals surface area contributed by atoms with Crippen LogP contribution in [-0.4, -0.2) is 32.2 Å². The fourth-order valence-corrected chi connectivity index (χ4v) is 2.81. The van der Waals surface area contributed by atoms with Crippen molar-refractivity contribution in [1.82, 2.24) is 19.1 Å². The average Bonchev–Trinajstić information content (AvgIpc) is 2.90. The first-order chi connectivity index (χ1) is 11.9. The smallest absolute Gasteiger partial charge is 0.330 e. The number of hydrogen-bond acceptors (Lipinski definition) is 5. The highest BCUT2D eigenvalue weighted by molar-refractivity contribution is 5.72. The average molecular weight is 350 g/mol. The van der Waals surface area contributed by atoms with Gasteiger partial charge in [-0.15, -0.1) is 0 Å². The van der Waals surface area contributed by atoms with Gasteiger partial charge in [0.2, 0.25) is 0 Å². The zero-order chi connectivity index (χ0) is 18.6. The number of hydrogen-bond donors (Lipinski definition) is 1. The van der Waals surface area contributed by atoms with Crippen LogP contribution in [0.2, 0.25) is 0 Å². The third kappa shape index (κ3) is 4.18. The van der Waals surface area contributed by atoms with Gasteiger partial charge in [0, 0.05) is 19.5 Å². The number of carbonyl (C=O) groups excluding carboxylic acids is 1. The van der Waals surface area contributed by atoms with Gasteiger partial charge in [0.15, 0.2) is 11.2 Å². The first-order valence-corrected chi connectivity index (χ1v) is 8.68. The van der Waals surface area contributed by atoms with E-state index in [0.717, 1.165) is 12.8 Å². The van der Waals surface area contributed by atoms with Crippen molar-refractivity contribution in [3.8, 4) is 0 Å². The van der Waals surface area contributed by atoms with Crippen LogP contribution >= 0.6 is 0 Å². The molecule has 0 aromatic carbocycles. The molecule has 0 unspecified atom stereocenters. The number of fused-ring (bicyclic) bond motifs is 1. The van der Waals surface area contributed by atoms with Crippen LogP contribution in [-0.2, 0) is 29.0 Å². The molecule has 0 spiro atoms. The number of nitrogens with zero attached hydrogens (tertiary/aromatic N) is 3. The van der Waals surface area contributed by atoms with E-state index in [2.05, 4.69) is 14.7 Å². The second kappa shape index (κ2) is 8.13. The number of aryl methyl sites for hydroxylation is 2. The molecule has 138 valence electrons. The van der Waals surface area contributed by atoms with Crippen molar-refractivity contribution in [2.75, 3.05) is 7.11 Å². The Morgan fingerprint density at radius 2 is 2.00 bits per heavy atom. The van der Waals surface area contributed by atoms with Gasteiger partial charge in [-0.2, -0.15) is 0 Å². The maximum absolute atomic E-state index is 12.4. The quantitative estimate of drug-likeness (QED) is 0.727. The number of nitrogens with one attached hydrogen (secondary N) is 1. The molecule has 2 heterocycles. The van der Waals surface area contributed by atoms with Crippen LogP contribution < -0.4 is 11.2 Å². The van der Waals surface area contributed by atoms with Gasteiger partial charge in [-0.1, -0.05) is 27.2 Å². The van der Waals surface area contributed by atoms with Crippen molar-refractivity contribution < 1.29 is 9.53 Å². The second-order valence-electron chi connectivity index (χ2n) is 6.55. The number of imidazole rings is 1. The molecule has 8 nitrogen and oxygen atoms in total. The Morgan fingerprint density at radius 1 is 1.28 bits per heavy atom. The Hall–Kier alpha value is -2.38. The Morgan fingerprint density at radius 3 is 2.60 bits per heavy atom.